The molecule has 5 N–H and O–H groups in total. The van der Waals surface area contributed by atoms with Gasteiger partial charge in [0.2, 0.25) is 0 Å². The quantitative estimate of drug-likeness (QED) is 0.612. The zero-order chi connectivity index (χ0) is 21.1. The monoisotopic (exact) mass is 403 g/mol. The Morgan fingerprint density at radius 3 is 2.77 bits per heavy atom. The van der Waals surface area contributed by atoms with Gasteiger partial charge in [0.05, 0.1) is 29.0 Å². The first kappa shape index (κ1) is 19.8. The number of carbonyl (C=O) groups is 1. The van der Waals surface area contributed by atoms with E-state index in [1.165, 1.54) is 0 Å². The average Bonchev–Trinajstić information content (AvgIpc) is 2.75. The number of hydrogen-bond donors (Lipinski definition) is 3. The van der Waals surface area contributed by atoms with Gasteiger partial charge in [-0.05, 0) is 49.6 Å². The predicted molar refractivity (Wildman–Crippen MR) is 118 cm³/mol. The molecule has 4 rings (SSSR count). The van der Waals surface area contributed by atoms with Gasteiger partial charge in [0.25, 0.3) is 5.91 Å². The number of amides is 1. The number of rotatable bonds is 4. The van der Waals surface area contributed by atoms with Gasteiger partial charge in [0, 0.05) is 43.3 Å². The Balaban J connectivity index is 1.62. The van der Waals surface area contributed by atoms with Crippen LogP contribution in [0.2, 0.25) is 0 Å². The number of aromatic nitrogens is 3. The smallest absolute Gasteiger partial charge is 0.276 e. The number of hydrogen-bond acceptors (Lipinski definition) is 7. The van der Waals surface area contributed by atoms with E-state index in [2.05, 4.69) is 25.2 Å². The molecule has 30 heavy (non-hydrogen) atoms. The minimum atomic E-state index is -0.383. The molecule has 8 nitrogen and oxygen atoms in total. The Bertz CT molecular complexity index is 1070. The van der Waals surface area contributed by atoms with E-state index in [1.807, 2.05) is 19.1 Å². The lowest BCUT2D eigenvalue weighted by molar-refractivity contribution is 0.102. The third-order valence-electron chi connectivity index (χ3n) is 5.30. The van der Waals surface area contributed by atoms with Crippen molar-refractivity contribution in [2.24, 2.45) is 5.73 Å². The van der Waals surface area contributed by atoms with Gasteiger partial charge in [-0.2, -0.15) is 0 Å². The SMILES string of the molecule is Cc1ccncc1-c1ccc(N)c(C(=O)Nc2cnccc2N2CCC[C@H](N)C2)n1. The molecule has 3 aromatic heterocycles. The molecule has 1 fully saturated rings. The molecule has 8 heteroatoms. The highest BCUT2D eigenvalue weighted by Crippen LogP contribution is 2.28. The molecule has 1 aliphatic heterocycles. The van der Waals surface area contributed by atoms with E-state index in [0.29, 0.717) is 17.1 Å². The highest BCUT2D eigenvalue weighted by molar-refractivity contribution is 6.07. The highest BCUT2D eigenvalue weighted by atomic mass is 16.1. The normalized spacial score (nSPS) is 16.3. The number of nitrogens with one attached hydrogen (secondary N) is 1. The van der Waals surface area contributed by atoms with Crippen LogP contribution < -0.4 is 21.7 Å². The van der Waals surface area contributed by atoms with Gasteiger partial charge in [-0.1, -0.05) is 0 Å². The van der Waals surface area contributed by atoms with E-state index in [-0.39, 0.29) is 17.6 Å². The summed E-state index contributed by atoms with van der Waals surface area (Å²) < 4.78 is 0. The number of pyridine rings is 3. The summed E-state index contributed by atoms with van der Waals surface area (Å²) in [6.07, 6.45) is 8.82. The number of carbonyl (C=O) groups excluding carboxylic acids is 1. The second kappa shape index (κ2) is 8.46. The van der Waals surface area contributed by atoms with Crippen molar-refractivity contribution < 1.29 is 4.79 Å². The van der Waals surface area contributed by atoms with E-state index in [9.17, 15) is 4.79 Å². The first-order valence-electron chi connectivity index (χ1n) is 9.96. The Hall–Kier alpha value is -3.52. The van der Waals surface area contributed by atoms with Crippen molar-refractivity contribution >= 4 is 23.0 Å². The van der Waals surface area contributed by atoms with Gasteiger partial charge in [0.1, 0.15) is 0 Å². The fourth-order valence-electron chi connectivity index (χ4n) is 3.70. The average molecular weight is 403 g/mol. The van der Waals surface area contributed by atoms with Crippen LogP contribution in [-0.4, -0.2) is 40.0 Å². The zero-order valence-corrected chi connectivity index (χ0v) is 16.9. The fraction of sp³-hybridized carbons (Fsp3) is 0.273. The molecular formula is C22H25N7O. The molecule has 0 unspecified atom stereocenters. The molecule has 4 heterocycles. The Labute approximate surface area is 175 Å². The minimum absolute atomic E-state index is 0.118. The van der Waals surface area contributed by atoms with Crippen molar-refractivity contribution in [2.45, 2.75) is 25.8 Å². The summed E-state index contributed by atoms with van der Waals surface area (Å²) in [6, 6.07) is 7.39. The summed E-state index contributed by atoms with van der Waals surface area (Å²) in [5.41, 5.74) is 16.7. The molecule has 1 aliphatic rings. The second-order valence-corrected chi connectivity index (χ2v) is 7.52. The van der Waals surface area contributed by atoms with Gasteiger partial charge in [-0.15, -0.1) is 0 Å². The van der Waals surface area contributed by atoms with Crippen LogP contribution >= 0.6 is 0 Å². The zero-order valence-electron chi connectivity index (χ0n) is 16.9. The van der Waals surface area contributed by atoms with Gasteiger partial charge in [-0.3, -0.25) is 14.8 Å². The van der Waals surface area contributed by atoms with E-state index < -0.39 is 0 Å². The van der Waals surface area contributed by atoms with E-state index in [0.717, 1.165) is 42.7 Å². The lowest BCUT2D eigenvalue weighted by atomic mass is 10.1. The van der Waals surface area contributed by atoms with Gasteiger partial charge >= 0.3 is 0 Å². The number of nitrogen functional groups attached to an aromatic ring is 1. The maximum absolute atomic E-state index is 13.1. The van der Waals surface area contributed by atoms with Crippen LogP contribution in [0, 0.1) is 6.92 Å². The molecule has 0 radical (unpaired) electrons. The molecule has 0 aliphatic carbocycles. The largest absolute Gasteiger partial charge is 0.397 e. The molecule has 0 spiro atoms. The number of piperidine rings is 1. The van der Waals surface area contributed by atoms with Crippen molar-refractivity contribution in [1.82, 2.24) is 15.0 Å². The molecule has 0 saturated carbocycles. The standard InChI is InChI=1S/C22H25N7O/c1-14-6-8-25-11-16(14)18-5-4-17(24)21(27-18)22(30)28-19-12-26-9-7-20(19)29-10-2-3-15(23)13-29/h4-9,11-12,15H,2-3,10,13,23-24H2,1H3,(H,28,30)/t15-/m0/s1. The molecule has 0 aromatic carbocycles. The number of nitrogens with zero attached hydrogens (tertiary/aromatic N) is 4. The van der Waals surface area contributed by atoms with Crippen molar-refractivity contribution in [2.75, 3.05) is 29.0 Å². The van der Waals surface area contributed by atoms with Crippen LogP contribution in [0.3, 0.4) is 0 Å². The first-order chi connectivity index (χ1) is 14.5. The van der Waals surface area contributed by atoms with Crippen molar-refractivity contribution in [1.29, 1.82) is 0 Å². The highest BCUT2D eigenvalue weighted by Gasteiger charge is 2.21. The summed E-state index contributed by atoms with van der Waals surface area (Å²) in [6.45, 7) is 3.60. The fourth-order valence-corrected chi connectivity index (χ4v) is 3.70. The lowest BCUT2D eigenvalue weighted by Gasteiger charge is -2.33. The van der Waals surface area contributed by atoms with Gasteiger partial charge in [0.15, 0.2) is 5.69 Å². The minimum Gasteiger partial charge on any atom is -0.397 e. The van der Waals surface area contributed by atoms with Crippen LogP contribution in [0.15, 0.2) is 49.1 Å². The number of nitrogens with two attached hydrogens (primary N) is 2. The lowest BCUT2D eigenvalue weighted by Crippen LogP contribution is -2.43. The summed E-state index contributed by atoms with van der Waals surface area (Å²) in [4.78, 5) is 28.1. The Morgan fingerprint density at radius 1 is 1.17 bits per heavy atom. The molecule has 1 saturated heterocycles. The number of anilines is 3. The van der Waals surface area contributed by atoms with E-state index in [1.54, 1.807) is 36.9 Å². The molecular weight excluding hydrogens is 378 g/mol. The van der Waals surface area contributed by atoms with Crippen LogP contribution in [0.4, 0.5) is 17.1 Å². The maximum Gasteiger partial charge on any atom is 0.276 e. The maximum atomic E-state index is 13.1. The Kier molecular flexibility index (Phi) is 5.58. The van der Waals surface area contributed by atoms with Gasteiger partial charge in [-0.25, -0.2) is 4.98 Å². The van der Waals surface area contributed by atoms with Crippen molar-refractivity contribution in [3.8, 4) is 11.3 Å². The summed E-state index contributed by atoms with van der Waals surface area (Å²) >= 11 is 0. The molecule has 1 amide bonds. The van der Waals surface area contributed by atoms with E-state index in [4.69, 9.17) is 11.5 Å². The van der Waals surface area contributed by atoms with E-state index >= 15 is 0 Å². The van der Waals surface area contributed by atoms with Crippen LogP contribution in [0.25, 0.3) is 11.3 Å². The molecule has 154 valence electrons. The third kappa shape index (κ3) is 4.08. The predicted octanol–water partition coefficient (Wildman–Crippen LogP) is 2.61. The summed E-state index contributed by atoms with van der Waals surface area (Å²) in [5, 5.41) is 2.93. The van der Waals surface area contributed by atoms with Crippen LogP contribution in [-0.2, 0) is 0 Å². The van der Waals surface area contributed by atoms with Crippen molar-refractivity contribution in [3.63, 3.8) is 0 Å². The van der Waals surface area contributed by atoms with Crippen molar-refractivity contribution in [3.05, 3.63) is 60.3 Å². The first-order valence-corrected chi connectivity index (χ1v) is 9.96. The topological polar surface area (TPSA) is 123 Å². The second-order valence-electron chi connectivity index (χ2n) is 7.52. The number of aryl methyl sites for hydroxylation is 1. The Morgan fingerprint density at radius 2 is 1.97 bits per heavy atom. The molecule has 0 bridgehead atoms. The molecule has 3 aromatic rings. The van der Waals surface area contributed by atoms with Gasteiger partial charge < -0.3 is 21.7 Å². The van der Waals surface area contributed by atoms with Crippen LogP contribution in [0.5, 0.6) is 0 Å². The molecule has 1 atom stereocenters. The van der Waals surface area contributed by atoms with Crippen LogP contribution in [0.1, 0.15) is 28.9 Å². The summed E-state index contributed by atoms with van der Waals surface area (Å²) in [5.74, 6) is -0.383. The summed E-state index contributed by atoms with van der Waals surface area (Å²) in [7, 11) is 0. The third-order valence-corrected chi connectivity index (χ3v) is 5.30.